The summed E-state index contributed by atoms with van der Waals surface area (Å²) < 4.78 is 5.35. The highest BCUT2D eigenvalue weighted by Crippen LogP contribution is 2.32. The Morgan fingerprint density at radius 2 is 1.92 bits per heavy atom. The largest absolute Gasteiger partial charge is 0.490 e. The maximum atomic E-state index is 9.29. The zero-order valence-electron chi connectivity index (χ0n) is 14.6. The van der Waals surface area contributed by atoms with E-state index in [1.165, 1.54) is 0 Å². The number of aliphatic hydroxyl groups excluding tert-OH is 2. The Kier molecular flexibility index (Phi) is 6.66. The lowest BCUT2D eigenvalue weighted by Crippen LogP contribution is -2.27. The molecule has 140 valence electrons. The van der Waals surface area contributed by atoms with Crippen LogP contribution in [0.5, 0.6) is 5.75 Å². The molecule has 1 aliphatic rings. The van der Waals surface area contributed by atoms with Crippen molar-refractivity contribution in [3.05, 3.63) is 35.7 Å². The Morgan fingerprint density at radius 1 is 1.12 bits per heavy atom. The van der Waals surface area contributed by atoms with Gasteiger partial charge < -0.3 is 20.3 Å². The Balaban J connectivity index is 1.75. The topological polar surface area (TPSA) is 87.5 Å². The normalized spacial score (nSPS) is 20.0. The van der Waals surface area contributed by atoms with E-state index in [9.17, 15) is 5.11 Å². The first kappa shape index (κ1) is 18.9. The van der Waals surface area contributed by atoms with E-state index in [1.54, 1.807) is 12.4 Å². The average molecular weight is 378 g/mol. The number of hydrogen-bond donors (Lipinski definition) is 3. The molecule has 0 aromatic carbocycles. The van der Waals surface area contributed by atoms with Gasteiger partial charge in [0.25, 0.3) is 0 Å². The lowest BCUT2D eigenvalue weighted by molar-refractivity contribution is 0.186. The fraction of sp³-hybridized carbons (Fsp3) is 0.474. The third-order valence-electron chi connectivity index (χ3n) is 4.71. The molecule has 1 saturated carbocycles. The highest BCUT2D eigenvalue weighted by atomic mass is 35.5. The van der Waals surface area contributed by atoms with Gasteiger partial charge in [-0.3, -0.25) is 4.98 Å². The maximum absolute atomic E-state index is 9.29. The molecule has 26 heavy (non-hydrogen) atoms. The molecule has 3 N–H and O–H groups in total. The molecule has 2 aromatic heterocycles. The summed E-state index contributed by atoms with van der Waals surface area (Å²) >= 11 is 6.10. The zero-order valence-corrected chi connectivity index (χ0v) is 15.3. The van der Waals surface area contributed by atoms with Crippen LogP contribution in [-0.2, 0) is 0 Å². The van der Waals surface area contributed by atoms with Crippen LogP contribution < -0.4 is 10.1 Å². The number of hydrogen-bond acceptors (Lipinski definition) is 6. The van der Waals surface area contributed by atoms with Gasteiger partial charge in [-0.25, -0.2) is 4.98 Å². The molecule has 2 aromatic rings. The van der Waals surface area contributed by atoms with E-state index in [1.807, 2.05) is 18.2 Å². The lowest BCUT2D eigenvalue weighted by atomic mass is 9.86. The number of aliphatic hydroxyl groups is 2. The summed E-state index contributed by atoms with van der Waals surface area (Å²) in [5.74, 6) is 1.03. The van der Waals surface area contributed by atoms with E-state index < -0.39 is 0 Å². The second-order valence-corrected chi connectivity index (χ2v) is 6.94. The van der Waals surface area contributed by atoms with Gasteiger partial charge in [-0.1, -0.05) is 11.6 Å². The predicted molar refractivity (Wildman–Crippen MR) is 102 cm³/mol. The number of nitrogens with one attached hydrogen (secondary N) is 1. The van der Waals surface area contributed by atoms with Gasteiger partial charge in [0.2, 0.25) is 0 Å². The van der Waals surface area contributed by atoms with E-state index >= 15 is 0 Å². The monoisotopic (exact) mass is 377 g/mol. The van der Waals surface area contributed by atoms with Crippen molar-refractivity contribution in [2.24, 2.45) is 5.92 Å². The van der Waals surface area contributed by atoms with Crippen LogP contribution in [0, 0.1) is 5.92 Å². The average Bonchev–Trinajstić information content (AvgIpc) is 2.68. The fourth-order valence-corrected chi connectivity index (χ4v) is 3.41. The summed E-state index contributed by atoms with van der Waals surface area (Å²) in [6.45, 7) is 0.482. The van der Waals surface area contributed by atoms with Gasteiger partial charge in [0.15, 0.2) is 0 Å². The van der Waals surface area contributed by atoms with Crippen LogP contribution in [0.4, 0.5) is 5.69 Å². The van der Waals surface area contributed by atoms with Crippen molar-refractivity contribution < 1.29 is 14.9 Å². The smallest absolute Gasteiger partial charge is 0.137 e. The van der Waals surface area contributed by atoms with Crippen molar-refractivity contribution in [3.8, 4) is 17.0 Å². The van der Waals surface area contributed by atoms with Crippen molar-refractivity contribution in [3.63, 3.8) is 0 Å². The van der Waals surface area contributed by atoms with Crippen LogP contribution in [0.15, 0.2) is 30.6 Å². The number of ether oxygens (including phenoxy) is 1. The summed E-state index contributed by atoms with van der Waals surface area (Å²) in [7, 11) is 0. The van der Waals surface area contributed by atoms with Crippen LogP contribution >= 0.6 is 11.6 Å². The standard InChI is InChI=1S/C19H24ClN3O3/c20-19-9-18(23-14-3-1-13(12-25)2-4-14)16(11-22-19)17-6-5-15(10-21-17)26-8-7-24/h5-6,9-11,13-14,24-25H,1-4,7-8,12H2,(H,22,23). The minimum atomic E-state index is -0.0323. The molecule has 0 aliphatic heterocycles. The van der Waals surface area contributed by atoms with Crippen molar-refractivity contribution in [1.82, 2.24) is 9.97 Å². The van der Waals surface area contributed by atoms with Crippen LogP contribution in [0.3, 0.4) is 0 Å². The van der Waals surface area contributed by atoms with Gasteiger partial charge in [0, 0.05) is 30.1 Å². The zero-order chi connectivity index (χ0) is 18.4. The summed E-state index contributed by atoms with van der Waals surface area (Å²) in [4.78, 5) is 8.64. The number of halogens is 1. The first-order valence-electron chi connectivity index (χ1n) is 8.92. The van der Waals surface area contributed by atoms with E-state index in [-0.39, 0.29) is 19.8 Å². The summed E-state index contributed by atoms with van der Waals surface area (Å²) in [5, 5.41) is 22.1. The van der Waals surface area contributed by atoms with Crippen molar-refractivity contribution >= 4 is 17.3 Å². The van der Waals surface area contributed by atoms with Crippen molar-refractivity contribution in [2.75, 3.05) is 25.1 Å². The van der Waals surface area contributed by atoms with E-state index in [2.05, 4.69) is 15.3 Å². The lowest BCUT2D eigenvalue weighted by Gasteiger charge is -2.29. The third-order valence-corrected chi connectivity index (χ3v) is 4.91. The first-order valence-corrected chi connectivity index (χ1v) is 9.30. The van der Waals surface area contributed by atoms with Crippen LogP contribution in [-0.4, -0.2) is 46.0 Å². The minimum absolute atomic E-state index is 0.0323. The Hall–Kier alpha value is -1.89. The first-order chi connectivity index (χ1) is 12.7. The number of nitrogens with zero attached hydrogens (tertiary/aromatic N) is 2. The molecule has 2 heterocycles. The molecule has 0 radical (unpaired) electrons. The second kappa shape index (κ2) is 9.16. The predicted octanol–water partition coefficient (Wildman–Crippen LogP) is 3.13. The third kappa shape index (κ3) is 4.84. The molecular weight excluding hydrogens is 354 g/mol. The molecule has 0 atom stereocenters. The molecule has 1 aliphatic carbocycles. The molecular formula is C19H24ClN3O3. The number of anilines is 1. The van der Waals surface area contributed by atoms with E-state index in [4.69, 9.17) is 21.4 Å². The summed E-state index contributed by atoms with van der Waals surface area (Å²) in [6, 6.07) is 5.86. The summed E-state index contributed by atoms with van der Waals surface area (Å²) in [6.07, 6.45) is 7.45. The SMILES string of the molecule is OCCOc1ccc(-c2cnc(Cl)cc2NC2CCC(CO)CC2)nc1. The van der Waals surface area contributed by atoms with Gasteiger partial charge in [-0.15, -0.1) is 0 Å². The van der Waals surface area contributed by atoms with E-state index in [0.717, 1.165) is 42.6 Å². The number of pyridine rings is 2. The molecule has 0 unspecified atom stereocenters. The Labute approximate surface area is 158 Å². The molecule has 0 bridgehead atoms. The van der Waals surface area contributed by atoms with Crippen LogP contribution in [0.1, 0.15) is 25.7 Å². The van der Waals surface area contributed by atoms with Crippen LogP contribution in [0.25, 0.3) is 11.3 Å². The Morgan fingerprint density at radius 3 is 2.58 bits per heavy atom. The quantitative estimate of drug-likeness (QED) is 0.642. The van der Waals surface area contributed by atoms with Gasteiger partial charge >= 0.3 is 0 Å². The number of aromatic nitrogens is 2. The van der Waals surface area contributed by atoms with Crippen LogP contribution in [0.2, 0.25) is 5.15 Å². The highest BCUT2D eigenvalue weighted by Gasteiger charge is 2.21. The maximum Gasteiger partial charge on any atom is 0.137 e. The van der Waals surface area contributed by atoms with Gasteiger partial charge in [-0.05, 0) is 49.8 Å². The van der Waals surface area contributed by atoms with E-state index in [0.29, 0.717) is 22.9 Å². The minimum Gasteiger partial charge on any atom is -0.490 e. The second-order valence-electron chi connectivity index (χ2n) is 6.55. The van der Waals surface area contributed by atoms with Crippen molar-refractivity contribution in [2.45, 2.75) is 31.7 Å². The molecule has 6 nitrogen and oxygen atoms in total. The molecule has 7 heteroatoms. The molecule has 0 amide bonds. The summed E-state index contributed by atoms with van der Waals surface area (Å²) in [5.41, 5.74) is 2.57. The van der Waals surface area contributed by atoms with Gasteiger partial charge in [0.05, 0.1) is 18.5 Å². The number of rotatable bonds is 7. The Bertz CT molecular complexity index is 704. The molecule has 0 spiro atoms. The fourth-order valence-electron chi connectivity index (χ4n) is 3.25. The highest BCUT2D eigenvalue weighted by molar-refractivity contribution is 6.29. The van der Waals surface area contributed by atoms with Crippen molar-refractivity contribution in [1.29, 1.82) is 0 Å². The molecule has 3 rings (SSSR count). The molecule has 0 saturated heterocycles. The molecule has 1 fully saturated rings. The van der Waals surface area contributed by atoms with Gasteiger partial charge in [0.1, 0.15) is 17.5 Å². The van der Waals surface area contributed by atoms with Gasteiger partial charge in [-0.2, -0.15) is 0 Å².